The monoisotopic (exact) mass is 531 g/mol. The summed E-state index contributed by atoms with van der Waals surface area (Å²) in [5.41, 5.74) is 8.33. The van der Waals surface area contributed by atoms with Crippen molar-refractivity contribution in [3.63, 3.8) is 0 Å². The number of rotatable bonds is 7. The minimum Gasteiger partial charge on any atom is -0.447 e. The van der Waals surface area contributed by atoms with Gasteiger partial charge in [0.15, 0.2) is 5.60 Å². The van der Waals surface area contributed by atoms with Gasteiger partial charge in [-0.15, -0.1) is 0 Å². The molecule has 6 rings (SSSR count). The van der Waals surface area contributed by atoms with Gasteiger partial charge in [0.1, 0.15) is 6.61 Å². The lowest BCUT2D eigenvalue weighted by molar-refractivity contribution is -0.0552. The second-order valence-corrected chi connectivity index (χ2v) is 9.83. The summed E-state index contributed by atoms with van der Waals surface area (Å²) in [5.74, 6) is -0.0558. The third kappa shape index (κ3) is 4.59. The standard InChI is InChI=1S/C34H26ClNO3/c35-32-22-12-11-21-31(32)34(24-13-3-1-4-14-24,25-15-5-2-6-16-25)39-36-33(37)38-23-30-28-19-9-7-17-26(28)27-18-8-10-20-29(27)30/h1-22,30H,23H2,(H,36,37). The molecule has 1 amide bonds. The van der Waals surface area contributed by atoms with Gasteiger partial charge >= 0.3 is 6.09 Å². The van der Waals surface area contributed by atoms with Gasteiger partial charge in [0.2, 0.25) is 0 Å². The van der Waals surface area contributed by atoms with E-state index >= 15 is 0 Å². The van der Waals surface area contributed by atoms with Crippen molar-refractivity contribution in [2.24, 2.45) is 0 Å². The zero-order valence-corrected chi connectivity index (χ0v) is 21.8. The topological polar surface area (TPSA) is 47.6 Å². The maximum absolute atomic E-state index is 13.2. The second-order valence-electron chi connectivity index (χ2n) is 9.42. The number of fused-ring (bicyclic) bond motifs is 3. The number of carbonyl (C=O) groups is 1. The van der Waals surface area contributed by atoms with E-state index in [1.54, 1.807) is 0 Å². The molecular weight excluding hydrogens is 506 g/mol. The van der Waals surface area contributed by atoms with E-state index in [0.717, 1.165) is 22.3 Å². The van der Waals surface area contributed by atoms with Crippen LogP contribution in [0, 0.1) is 0 Å². The lowest BCUT2D eigenvalue weighted by atomic mass is 9.80. The Bertz CT molecular complexity index is 1520. The van der Waals surface area contributed by atoms with Crippen LogP contribution >= 0.6 is 11.6 Å². The number of amides is 1. The molecule has 0 atom stereocenters. The molecule has 1 aliphatic carbocycles. The van der Waals surface area contributed by atoms with Gasteiger partial charge < -0.3 is 4.74 Å². The number of hydrogen-bond donors (Lipinski definition) is 1. The molecule has 0 radical (unpaired) electrons. The molecule has 39 heavy (non-hydrogen) atoms. The van der Waals surface area contributed by atoms with Crippen LogP contribution in [0.4, 0.5) is 4.79 Å². The van der Waals surface area contributed by atoms with Crippen LogP contribution < -0.4 is 5.48 Å². The highest BCUT2D eigenvalue weighted by Crippen LogP contribution is 2.45. The first kappa shape index (κ1) is 24.9. The van der Waals surface area contributed by atoms with Gasteiger partial charge in [-0.05, 0) is 39.4 Å². The second kappa shape index (κ2) is 10.8. The highest BCUT2D eigenvalue weighted by molar-refractivity contribution is 6.31. The quantitative estimate of drug-likeness (QED) is 0.170. The van der Waals surface area contributed by atoms with E-state index in [9.17, 15) is 4.79 Å². The van der Waals surface area contributed by atoms with Crippen LogP contribution in [0.3, 0.4) is 0 Å². The zero-order chi connectivity index (χ0) is 26.7. The molecule has 0 bridgehead atoms. The smallest absolute Gasteiger partial charge is 0.431 e. The molecule has 0 heterocycles. The van der Waals surface area contributed by atoms with E-state index in [4.69, 9.17) is 21.2 Å². The van der Waals surface area contributed by atoms with Crippen molar-refractivity contribution in [1.29, 1.82) is 0 Å². The highest BCUT2D eigenvalue weighted by atomic mass is 35.5. The molecule has 0 saturated heterocycles. The molecule has 5 aromatic rings. The molecule has 0 fully saturated rings. The van der Waals surface area contributed by atoms with E-state index in [-0.39, 0.29) is 12.5 Å². The molecule has 0 unspecified atom stereocenters. The van der Waals surface area contributed by atoms with Crippen LogP contribution in [0.15, 0.2) is 133 Å². The zero-order valence-electron chi connectivity index (χ0n) is 21.1. The molecule has 0 aromatic heterocycles. The minimum absolute atomic E-state index is 0.0558. The van der Waals surface area contributed by atoms with Crippen LogP contribution in [0.2, 0.25) is 5.02 Å². The Hall–Kier alpha value is -4.38. The number of benzene rings is 5. The molecule has 4 nitrogen and oxygen atoms in total. The molecule has 0 saturated carbocycles. The number of hydrogen-bond acceptors (Lipinski definition) is 3. The van der Waals surface area contributed by atoms with Crippen molar-refractivity contribution >= 4 is 17.7 Å². The summed E-state index contributed by atoms with van der Waals surface area (Å²) in [6.07, 6.45) is -0.680. The van der Waals surface area contributed by atoms with E-state index < -0.39 is 11.7 Å². The van der Waals surface area contributed by atoms with Gasteiger partial charge in [0, 0.05) is 16.5 Å². The van der Waals surface area contributed by atoms with E-state index in [0.29, 0.717) is 10.6 Å². The fourth-order valence-electron chi connectivity index (χ4n) is 5.49. The summed E-state index contributed by atoms with van der Waals surface area (Å²) < 4.78 is 5.76. The fraction of sp³-hybridized carbons (Fsp3) is 0.0882. The van der Waals surface area contributed by atoms with Gasteiger partial charge in [-0.25, -0.2) is 9.63 Å². The van der Waals surface area contributed by atoms with Gasteiger partial charge in [0.05, 0.1) is 0 Å². The molecule has 1 aliphatic rings. The van der Waals surface area contributed by atoms with E-state index in [1.165, 1.54) is 11.1 Å². The average Bonchev–Trinajstić information content (AvgIpc) is 3.32. The van der Waals surface area contributed by atoms with Crippen LogP contribution in [-0.4, -0.2) is 12.7 Å². The maximum Gasteiger partial charge on any atom is 0.431 e. The summed E-state index contributed by atoms with van der Waals surface area (Å²) in [6.45, 7) is 0.180. The highest BCUT2D eigenvalue weighted by Gasteiger charge is 2.41. The lowest BCUT2D eigenvalue weighted by Crippen LogP contribution is -2.41. The summed E-state index contributed by atoms with van der Waals surface area (Å²) in [6, 6.07) is 43.4. The first-order chi connectivity index (χ1) is 19.2. The van der Waals surface area contributed by atoms with E-state index in [2.05, 4.69) is 29.7 Å². The van der Waals surface area contributed by atoms with Crippen molar-refractivity contribution in [3.05, 3.63) is 166 Å². The van der Waals surface area contributed by atoms with Crippen molar-refractivity contribution < 1.29 is 14.4 Å². The Kier molecular flexibility index (Phi) is 6.89. The first-order valence-electron chi connectivity index (χ1n) is 12.8. The van der Waals surface area contributed by atoms with Crippen molar-refractivity contribution in [2.45, 2.75) is 11.5 Å². The Morgan fingerprint density at radius 1 is 0.667 bits per heavy atom. The molecule has 0 aliphatic heterocycles. The summed E-state index contributed by atoms with van der Waals surface area (Å²) in [5, 5.41) is 0.513. The Balaban J connectivity index is 1.30. The van der Waals surface area contributed by atoms with Gasteiger partial charge in [-0.2, -0.15) is 5.48 Å². The third-order valence-electron chi connectivity index (χ3n) is 7.24. The summed E-state index contributed by atoms with van der Waals surface area (Å²) in [7, 11) is 0. The minimum atomic E-state index is -1.22. The SMILES string of the molecule is O=C(NOC(c1ccccc1)(c1ccccc1)c1ccccc1Cl)OCC1c2ccccc2-c2ccccc21. The lowest BCUT2D eigenvalue weighted by Gasteiger charge is -2.35. The van der Waals surface area contributed by atoms with Crippen molar-refractivity contribution in [2.75, 3.05) is 6.61 Å². The van der Waals surface area contributed by atoms with Crippen LogP contribution in [0.1, 0.15) is 33.7 Å². The normalized spacial score (nSPS) is 12.4. The molecule has 5 aromatic carbocycles. The first-order valence-corrected chi connectivity index (χ1v) is 13.2. The van der Waals surface area contributed by atoms with Crippen LogP contribution in [0.25, 0.3) is 11.1 Å². The van der Waals surface area contributed by atoms with Crippen LogP contribution in [-0.2, 0) is 15.2 Å². The Morgan fingerprint density at radius 2 is 1.15 bits per heavy atom. The molecule has 192 valence electrons. The molecule has 5 heteroatoms. The summed E-state index contributed by atoms with van der Waals surface area (Å²) >= 11 is 6.74. The Morgan fingerprint density at radius 3 is 1.72 bits per heavy atom. The molecule has 1 N–H and O–H groups in total. The number of hydroxylamine groups is 1. The van der Waals surface area contributed by atoms with Crippen molar-refractivity contribution in [3.8, 4) is 11.1 Å². The number of halogens is 1. The number of ether oxygens (including phenoxy) is 1. The van der Waals surface area contributed by atoms with Crippen LogP contribution in [0.5, 0.6) is 0 Å². The largest absolute Gasteiger partial charge is 0.447 e. The number of nitrogens with one attached hydrogen (secondary N) is 1. The van der Waals surface area contributed by atoms with E-state index in [1.807, 2.05) is 109 Å². The van der Waals surface area contributed by atoms with Gasteiger partial charge in [-0.3, -0.25) is 0 Å². The molecular formula is C34H26ClNO3. The van der Waals surface area contributed by atoms with Crippen molar-refractivity contribution in [1.82, 2.24) is 5.48 Å². The number of carbonyl (C=O) groups excluding carboxylic acids is 1. The summed E-state index contributed by atoms with van der Waals surface area (Å²) in [4.78, 5) is 19.5. The predicted molar refractivity (Wildman–Crippen MR) is 154 cm³/mol. The molecule has 0 spiro atoms. The maximum atomic E-state index is 13.2. The average molecular weight is 532 g/mol. The predicted octanol–water partition coefficient (Wildman–Crippen LogP) is 8.10. The van der Waals surface area contributed by atoms with Gasteiger partial charge in [0.25, 0.3) is 0 Å². The third-order valence-corrected chi connectivity index (χ3v) is 7.57. The Labute approximate surface area is 232 Å². The van der Waals surface area contributed by atoms with Gasteiger partial charge in [-0.1, -0.05) is 139 Å². The fourth-order valence-corrected chi connectivity index (χ4v) is 5.76.